The molecule has 3 N–H and O–H groups in total. The summed E-state index contributed by atoms with van der Waals surface area (Å²) < 4.78 is 0. The van der Waals surface area contributed by atoms with Gasteiger partial charge >= 0.3 is 0 Å². The smallest absolute Gasteiger partial charge is 0.224 e. The van der Waals surface area contributed by atoms with Crippen molar-refractivity contribution in [3.63, 3.8) is 0 Å². The lowest BCUT2D eigenvalue weighted by molar-refractivity contribution is -0.123. The van der Waals surface area contributed by atoms with E-state index in [0.717, 1.165) is 32.4 Å². The summed E-state index contributed by atoms with van der Waals surface area (Å²) in [6.45, 7) is 10.3. The summed E-state index contributed by atoms with van der Waals surface area (Å²) in [7, 11) is 0. The fourth-order valence-corrected chi connectivity index (χ4v) is 2.79. The lowest BCUT2D eigenvalue weighted by atomic mass is 10.0. The number of rotatable bonds is 7. The molecule has 0 aromatic carbocycles. The molecule has 3 nitrogen and oxygen atoms in total. The van der Waals surface area contributed by atoms with Gasteiger partial charge in [-0.3, -0.25) is 4.79 Å². The standard InChI is InChI=1S/C14H28N2O/c1-13(2)11(14(13,3)4)12(17)16-10-8-6-5-7-9-15/h11H,5-10,15H2,1-4H3,(H,16,17). The summed E-state index contributed by atoms with van der Waals surface area (Å²) in [5, 5.41) is 3.06. The van der Waals surface area contributed by atoms with Gasteiger partial charge in [0.1, 0.15) is 0 Å². The van der Waals surface area contributed by atoms with E-state index in [0.29, 0.717) is 0 Å². The van der Waals surface area contributed by atoms with Crippen molar-refractivity contribution in [3.05, 3.63) is 0 Å². The van der Waals surface area contributed by atoms with Crippen LogP contribution in [0.1, 0.15) is 53.4 Å². The van der Waals surface area contributed by atoms with Crippen LogP contribution in [-0.2, 0) is 4.79 Å². The molecule has 0 heterocycles. The Morgan fingerprint density at radius 1 is 1.06 bits per heavy atom. The lowest BCUT2D eigenvalue weighted by Gasteiger charge is -2.06. The zero-order valence-corrected chi connectivity index (χ0v) is 11.8. The van der Waals surface area contributed by atoms with Crippen molar-refractivity contribution in [2.45, 2.75) is 53.4 Å². The Morgan fingerprint density at radius 2 is 1.59 bits per heavy atom. The third-order valence-corrected chi connectivity index (χ3v) is 4.71. The molecule has 0 spiro atoms. The zero-order chi connectivity index (χ0) is 13.1. The summed E-state index contributed by atoms with van der Waals surface area (Å²) in [6.07, 6.45) is 4.50. The van der Waals surface area contributed by atoms with E-state index in [1.54, 1.807) is 0 Å². The number of carbonyl (C=O) groups is 1. The molecule has 0 atom stereocenters. The maximum absolute atomic E-state index is 12.0. The highest BCUT2D eigenvalue weighted by Gasteiger charge is 2.68. The molecule has 0 aromatic rings. The summed E-state index contributed by atoms with van der Waals surface area (Å²) in [5.41, 5.74) is 5.73. The minimum atomic E-state index is 0.149. The first kappa shape index (κ1) is 14.5. The van der Waals surface area contributed by atoms with Gasteiger partial charge in [-0.05, 0) is 30.2 Å². The van der Waals surface area contributed by atoms with Crippen LogP contribution in [0, 0.1) is 16.7 Å². The van der Waals surface area contributed by atoms with Gasteiger partial charge in [0.25, 0.3) is 0 Å². The molecule has 0 saturated heterocycles. The number of carbonyl (C=O) groups excluding carboxylic acids is 1. The van der Waals surface area contributed by atoms with Gasteiger partial charge in [-0.1, -0.05) is 40.5 Å². The van der Waals surface area contributed by atoms with Gasteiger partial charge in [-0.15, -0.1) is 0 Å². The van der Waals surface area contributed by atoms with Gasteiger partial charge in [-0.2, -0.15) is 0 Å². The molecule has 0 unspecified atom stereocenters. The fourth-order valence-electron chi connectivity index (χ4n) is 2.79. The molecule has 3 heteroatoms. The second-order valence-electron chi connectivity index (χ2n) is 6.37. The van der Waals surface area contributed by atoms with Crippen LogP contribution in [0.15, 0.2) is 0 Å². The molecular formula is C14H28N2O. The molecule has 1 saturated carbocycles. The van der Waals surface area contributed by atoms with E-state index in [1.807, 2.05) is 0 Å². The summed E-state index contributed by atoms with van der Waals surface area (Å²) in [4.78, 5) is 12.0. The van der Waals surface area contributed by atoms with E-state index < -0.39 is 0 Å². The lowest BCUT2D eigenvalue weighted by Crippen LogP contribution is -2.28. The van der Waals surface area contributed by atoms with Crippen molar-refractivity contribution in [2.24, 2.45) is 22.5 Å². The number of nitrogens with one attached hydrogen (secondary N) is 1. The van der Waals surface area contributed by atoms with Crippen LogP contribution in [0.3, 0.4) is 0 Å². The van der Waals surface area contributed by atoms with Crippen LogP contribution in [0.25, 0.3) is 0 Å². The van der Waals surface area contributed by atoms with Crippen molar-refractivity contribution < 1.29 is 4.79 Å². The Morgan fingerprint density at radius 3 is 2.06 bits per heavy atom. The van der Waals surface area contributed by atoms with Gasteiger partial charge in [0.15, 0.2) is 0 Å². The normalized spacial score (nSPS) is 21.2. The van der Waals surface area contributed by atoms with Crippen molar-refractivity contribution in [3.8, 4) is 0 Å². The zero-order valence-electron chi connectivity index (χ0n) is 11.8. The number of amides is 1. The van der Waals surface area contributed by atoms with Gasteiger partial charge in [0.05, 0.1) is 0 Å². The van der Waals surface area contributed by atoms with E-state index in [-0.39, 0.29) is 22.7 Å². The summed E-state index contributed by atoms with van der Waals surface area (Å²) >= 11 is 0. The summed E-state index contributed by atoms with van der Waals surface area (Å²) in [5.74, 6) is 0.415. The quantitative estimate of drug-likeness (QED) is 0.671. The number of unbranched alkanes of at least 4 members (excludes halogenated alkanes) is 3. The molecule has 1 aliphatic rings. The Kier molecular flexibility index (Phi) is 4.59. The molecule has 1 fully saturated rings. The molecule has 0 aromatic heterocycles. The third-order valence-electron chi connectivity index (χ3n) is 4.71. The second kappa shape index (κ2) is 5.38. The highest BCUT2D eigenvalue weighted by Crippen LogP contribution is 2.68. The first-order valence-electron chi connectivity index (χ1n) is 6.83. The van der Waals surface area contributed by atoms with Crippen LogP contribution in [0.2, 0.25) is 0 Å². The van der Waals surface area contributed by atoms with E-state index >= 15 is 0 Å². The van der Waals surface area contributed by atoms with E-state index in [2.05, 4.69) is 33.0 Å². The molecule has 0 aliphatic heterocycles. The van der Waals surface area contributed by atoms with Gasteiger partial charge in [0, 0.05) is 12.5 Å². The van der Waals surface area contributed by atoms with Crippen LogP contribution in [0.5, 0.6) is 0 Å². The minimum Gasteiger partial charge on any atom is -0.356 e. The number of hydrogen-bond donors (Lipinski definition) is 2. The largest absolute Gasteiger partial charge is 0.356 e. The van der Waals surface area contributed by atoms with E-state index in [9.17, 15) is 4.79 Å². The number of hydrogen-bond acceptors (Lipinski definition) is 2. The maximum Gasteiger partial charge on any atom is 0.224 e. The second-order valence-corrected chi connectivity index (χ2v) is 6.37. The van der Waals surface area contributed by atoms with Crippen LogP contribution in [0.4, 0.5) is 0 Å². The monoisotopic (exact) mass is 240 g/mol. The van der Waals surface area contributed by atoms with Crippen molar-refractivity contribution in [1.29, 1.82) is 0 Å². The molecule has 1 rings (SSSR count). The first-order valence-corrected chi connectivity index (χ1v) is 6.83. The predicted molar refractivity (Wildman–Crippen MR) is 71.6 cm³/mol. The maximum atomic E-state index is 12.0. The van der Waals surface area contributed by atoms with Crippen molar-refractivity contribution in [1.82, 2.24) is 5.32 Å². The Hall–Kier alpha value is -0.570. The Bertz CT molecular complexity index is 257. The third kappa shape index (κ3) is 3.01. The average molecular weight is 240 g/mol. The number of nitrogens with two attached hydrogens (primary N) is 1. The van der Waals surface area contributed by atoms with Crippen LogP contribution < -0.4 is 11.1 Å². The van der Waals surface area contributed by atoms with Gasteiger partial charge in [-0.25, -0.2) is 0 Å². The molecule has 1 amide bonds. The van der Waals surface area contributed by atoms with Gasteiger partial charge in [0.2, 0.25) is 5.91 Å². The fraction of sp³-hybridized carbons (Fsp3) is 0.929. The molecular weight excluding hydrogens is 212 g/mol. The van der Waals surface area contributed by atoms with E-state index in [1.165, 1.54) is 6.42 Å². The predicted octanol–water partition coefficient (Wildman–Crippen LogP) is 2.30. The first-order chi connectivity index (χ1) is 7.85. The SMILES string of the molecule is CC1(C)C(C(=O)NCCCCCCN)C1(C)C. The highest BCUT2D eigenvalue weighted by atomic mass is 16.2. The highest BCUT2D eigenvalue weighted by molar-refractivity contribution is 5.84. The molecule has 0 radical (unpaired) electrons. The van der Waals surface area contributed by atoms with E-state index in [4.69, 9.17) is 5.73 Å². The van der Waals surface area contributed by atoms with Crippen LogP contribution in [-0.4, -0.2) is 19.0 Å². The Labute approximate surface area is 106 Å². The summed E-state index contributed by atoms with van der Waals surface area (Å²) in [6, 6.07) is 0. The molecule has 0 bridgehead atoms. The molecule has 17 heavy (non-hydrogen) atoms. The van der Waals surface area contributed by atoms with Crippen molar-refractivity contribution >= 4 is 5.91 Å². The van der Waals surface area contributed by atoms with Crippen molar-refractivity contribution in [2.75, 3.05) is 13.1 Å². The topological polar surface area (TPSA) is 55.1 Å². The molecule has 1 aliphatic carbocycles. The minimum absolute atomic E-state index is 0.149. The van der Waals surface area contributed by atoms with Gasteiger partial charge < -0.3 is 11.1 Å². The molecule has 100 valence electrons. The van der Waals surface area contributed by atoms with Crippen LogP contribution >= 0.6 is 0 Å². The Balaban J connectivity index is 2.15. The average Bonchev–Trinajstić information content (AvgIpc) is 2.63.